The van der Waals surface area contributed by atoms with Gasteiger partial charge in [-0.05, 0) is 63.3 Å². The molecule has 2 heterocycles. The molecule has 1 aliphatic heterocycles. The van der Waals surface area contributed by atoms with Crippen molar-refractivity contribution in [3.05, 3.63) is 41.0 Å². The molecule has 0 radical (unpaired) electrons. The zero-order chi connectivity index (χ0) is 33.5. The van der Waals surface area contributed by atoms with Gasteiger partial charge in [-0.3, -0.25) is 19.2 Å². The molecule has 1 aromatic heterocycles. The van der Waals surface area contributed by atoms with Gasteiger partial charge in [-0.15, -0.1) is 11.3 Å². The van der Waals surface area contributed by atoms with Crippen LogP contribution in [0.3, 0.4) is 0 Å². The Morgan fingerprint density at radius 2 is 1.83 bits per heavy atom. The van der Waals surface area contributed by atoms with Crippen molar-refractivity contribution in [3.63, 3.8) is 0 Å². The van der Waals surface area contributed by atoms with E-state index in [-0.39, 0.29) is 38.3 Å². The maximum atomic E-state index is 14.8. The number of thioether (sulfide) groups is 1. The molecule has 3 atom stereocenters. The van der Waals surface area contributed by atoms with Crippen LogP contribution in [-0.2, 0) is 25.7 Å². The second-order valence-corrected chi connectivity index (χ2v) is 15.4. The van der Waals surface area contributed by atoms with E-state index in [9.17, 15) is 28.7 Å². The van der Waals surface area contributed by atoms with Gasteiger partial charge in [0.15, 0.2) is 5.67 Å². The van der Waals surface area contributed by atoms with Gasteiger partial charge in [0.05, 0.1) is 22.2 Å². The Morgan fingerprint density at radius 1 is 1.13 bits per heavy atom. The average Bonchev–Trinajstić information content (AvgIpc) is 3.42. The molecule has 0 spiro atoms. The molecule has 2 aliphatic rings. The highest BCUT2D eigenvalue weighted by Gasteiger charge is 2.54. The standard InChI is InChI=1S/C33H46FN5O5S2/c1-21-27(45-20-37-21)24-11-9-23(10-12-24)18-36-29(42)26-17-25(41)19-39(26)30(43)28(38-31(44)33(34)13-14-33)32(3,4)46-16-8-6-5-7-15-35-22(2)40/h9-12,20,25-26,28,41H,5-8,13-19H2,1-4H3,(H,35,40)(H,36,42)(H,38,44)/t25-,26?,28?/m1/s1. The minimum atomic E-state index is -1.97. The maximum absolute atomic E-state index is 14.8. The summed E-state index contributed by atoms with van der Waals surface area (Å²) in [6.07, 6.45) is 3.03. The molecule has 252 valence electrons. The van der Waals surface area contributed by atoms with Gasteiger partial charge in [0, 0.05) is 37.7 Å². The Hall–Kier alpha value is -3.03. The molecule has 1 saturated heterocycles. The van der Waals surface area contributed by atoms with Crippen molar-refractivity contribution in [2.45, 2.75) is 108 Å². The smallest absolute Gasteiger partial charge is 0.258 e. The van der Waals surface area contributed by atoms with E-state index >= 15 is 0 Å². The third kappa shape index (κ3) is 9.51. The molecular formula is C33H46FN5O5S2. The zero-order valence-electron chi connectivity index (χ0n) is 27.1. The number of hydrogen-bond acceptors (Lipinski definition) is 8. The second kappa shape index (κ2) is 15.7. The molecule has 2 unspecified atom stereocenters. The Labute approximate surface area is 278 Å². The molecule has 1 saturated carbocycles. The second-order valence-electron chi connectivity index (χ2n) is 12.8. The quantitative estimate of drug-likeness (QED) is 0.198. The Kier molecular flexibility index (Phi) is 12.2. The number of thiazole rings is 1. The van der Waals surface area contributed by atoms with Crippen molar-refractivity contribution >= 4 is 46.7 Å². The predicted octanol–water partition coefficient (Wildman–Crippen LogP) is 3.89. The minimum absolute atomic E-state index is 0.0468. The highest BCUT2D eigenvalue weighted by atomic mass is 32.2. The minimum Gasteiger partial charge on any atom is -0.391 e. The monoisotopic (exact) mass is 675 g/mol. The number of carbonyl (C=O) groups excluding carboxylic acids is 4. The van der Waals surface area contributed by atoms with E-state index in [4.69, 9.17) is 0 Å². The fraction of sp³-hybridized carbons (Fsp3) is 0.606. The summed E-state index contributed by atoms with van der Waals surface area (Å²) in [5.74, 6) is -1.05. The number of halogens is 1. The summed E-state index contributed by atoms with van der Waals surface area (Å²) in [6, 6.07) is 5.80. The van der Waals surface area contributed by atoms with Gasteiger partial charge in [0.2, 0.25) is 17.7 Å². The summed E-state index contributed by atoms with van der Waals surface area (Å²) in [4.78, 5) is 58.1. The van der Waals surface area contributed by atoms with Crippen LogP contribution in [0, 0.1) is 6.92 Å². The molecule has 10 nitrogen and oxygen atoms in total. The van der Waals surface area contributed by atoms with Crippen LogP contribution < -0.4 is 16.0 Å². The molecule has 1 aliphatic carbocycles. The van der Waals surface area contributed by atoms with Crippen LogP contribution in [0.15, 0.2) is 29.8 Å². The molecule has 2 aromatic rings. The third-order valence-corrected chi connectivity index (χ3v) is 11.0. The van der Waals surface area contributed by atoms with Crippen molar-refractivity contribution < 1.29 is 28.7 Å². The fourth-order valence-corrected chi connectivity index (χ4v) is 7.54. The fourth-order valence-electron chi connectivity index (χ4n) is 5.53. The van der Waals surface area contributed by atoms with E-state index in [1.165, 1.54) is 23.6 Å². The first-order valence-electron chi connectivity index (χ1n) is 15.9. The highest BCUT2D eigenvalue weighted by Crippen LogP contribution is 2.41. The van der Waals surface area contributed by atoms with E-state index < -0.39 is 46.3 Å². The van der Waals surface area contributed by atoms with Crippen molar-refractivity contribution in [1.82, 2.24) is 25.8 Å². The summed E-state index contributed by atoms with van der Waals surface area (Å²) in [5.41, 5.74) is 2.72. The number of aliphatic hydroxyl groups is 1. The number of carbonyl (C=O) groups is 4. The Morgan fingerprint density at radius 3 is 2.46 bits per heavy atom. The number of aliphatic hydroxyl groups excluding tert-OH is 1. The van der Waals surface area contributed by atoms with E-state index in [1.54, 1.807) is 16.8 Å². The third-order valence-electron chi connectivity index (χ3n) is 8.53. The summed E-state index contributed by atoms with van der Waals surface area (Å²) in [6.45, 7) is 7.96. The number of aryl methyl sites for hydroxylation is 1. The van der Waals surface area contributed by atoms with Gasteiger partial charge >= 0.3 is 0 Å². The molecule has 0 bridgehead atoms. The SMILES string of the molecule is CC(=O)NCCCCCCSC(C)(C)C(NC(=O)C1(F)CC1)C(=O)N1C[C@H](O)CC1C(=O)NCc1ccc(-c2scnc2C)cc1. The topological polar surface area (TPSA) is 141 Å². The van der Waals surface area contributed by atoms with Crippen molar-refractivity contribution in [2.75, 3.05) is 18.8 Å². The van der Waals surface area contributed by atoms with Gasteiger partial charge < -0.3 is 26.0 Å². The normalized spacial score (nSPS) is 19.4. The van der Waals surface area contributed by atoms with Crippen LogP contribution in [0.2, 0.25) is 0 Å². The summed E-state index contributed by atoms with van der Waals surface area (Å²) >= 11 is 3.08. The number of alkyl halides is 1. The van der Waals surface area contributed by atoms with Crippen LogP contribution in [0.1, 0.15) is 77.0 Å². The van der Waals surface area contributed by atoms with Crippen LogP contribution in [0.5, 0.6) is 0 Å². The van der Waals surface area contributed by atoms with Crippen LogP contribution in [0.25, 0.3) is 10.4 Å². The molecule has 4 amide bonds. The lowest BCUT2D eigenvalue weighted by Crippen LogP contribution is -2.61. The number of likely N-dealkylation sites (tertiary alicyclic amines) is 1. The first-order valence-corrected chi connectivity index (χ1v) is 17.8. The lowest BCUT2D eigenvalue weighted by Gasteiger charge is -2.37. The lowest BCUT2D eigenvalue weighted by molar-refractivity contribution is -0.143. The molecule has 4 N–H and O–H groups in total. The summed E-state index contributed by atoms with van der Waals surface area (Å²) in [7, 11) is 0. The van der Waals surface area contributed by atoms with Crippen LogP contribution >= 0.6 is 23.1 Å². The first kappa shape index (κ1) is 35.8. The van der Waals surface area contributed by atoms with Gasteiger partial charge in [-0.2, -0.15) is 11.8 Å². The molecular weight excluding hydrogens is 630 g/mol. The van der Waals surface area contributed by atoms with E-state index in [1.807, 2.05) is 45.0 Å². The summed E-state index contributed by atoms with van der Waals surface area (Å²) < 4.78 is 13.9. The molecule has 2 fully saturated rings. The number of amides is 4. The molecule has 1 aromatic carbocycles. The average molecular weight is 676 g/mol. The number of rotatable bonds is 16. The number of benzene rings is 1. The zero-order valence-corrected chi connectivity index (χ0v) is 28.7. The lowest BCUT2D eigenvalue weighted by atomic mass is 10.00. The first-order chi connectivity index (χ1) is 21.8. The highest BCUT2D eigenvalue weighted by molar-refractivity contribution is 8.00. The van der Waals surface area contributed by atoms with E-state index in [0.717, 1.165) is 47.4 Å². The molecule has 13 heteroatoms. The molecule has 4 rings (SSSR count). The maximum Gasteiger partial charge on any atom is 0.258 e. The summed E-state index contributed by atoms with van der Waals surface area (Å²) in [5, 5.41) is 18.9. The van der Waals surface area contributed by atoms with E-state index in [0.29, 0.717) is 12.3 Å². The van der Waals surface area contributed by atoms with Gasteiger partial charge in [0.1, 0.15) is 12.1 Å². The number of unbranched alkanes of at least 4 members (excludes halogenated alkanes) is 3. The van der Waals surface area contributed by atoms with Gasteiger partial charge in [0.25, 0.3) is 5.91 Å². The predicted molar refractivity (Wildman–Crippen MR) is 179 cm³/mol. The van der Waals surface area contributed by atoms with Crippen molar-refractivity contribution in [1.29, 1.82) is 0 Å². The number of nitrogens with one attached hydrogen (secondary N) is 3. The number of aromatic nitrogens is 1. The van der Waals surface area contributed by atoms with Gasteiger partial charge in [-0.25, -0.2) is 9.37 Å². The Bertz CT molecular complexity index is 1380. The van der Waals surface area contributed by atoms with Crippen molar-refractivity contribution in [2.24, 2.45) is 0 Å². The number of β-amino-alcohol motifs (C(OH)–C–C–N with tert-alkyl or cyclic N) is 1. The number of nitrogens with zero attached hydrogens (tertiary/aromatic N) is 2. The molecule has 46 heavy (non-hydrogen) atoms. The Balaban J connectivity index is 1.38. The van der Waals surface area contributed by atoms with Gasteiger partial charge in [-0.1, -0.05) is 37.1 Å². The van der Waals surface area contributed by atoms with Crippen molar-refractivity contribution in [3.8, 4) is 10.4 Å². The van der Waals surface area contributed by atoms with Crippen LogP contribution in [-0.4, -0.2) is 86.1 Å². The van der Waals surface area contributed by atoms with E-state index in [2.05, 4.69) is 20.9 Å². The largest absolute Gasteiger partial charge is 0.391 e. The number of hydrogen-bond donors (Lipinski definition) is 4. The van der Waals surface area contributed by atoms with Crippen LogP contribution in [0.4, 0.5) is 4.39 Å².